The molecule has 1 heterocycles. The Kier molecular flexibility index (Phi) is 4.99. The van der Waals surface area contributed by atoms with Gasteiger partial charge in [-0.3, -0.25) is 4.90 Å². The molecule has 1 aromatic heterocycles. The van der Waals surface area contributed by atoms with Crippen molar-refractivity contribution >= 4 is 23.2 Å². The van der Waals surface area contributed by atoms with Gasteiger partial charge in [0.2, 0.25) is 11.8 Å². The molecule has 1 aromatic carbocycles. The van der Waals surface area contributed by atoms with Crippen LogP contribution in [0.1, 0.15) is 12.8 Å². The van der Waals surface area contributed by atoms with Gasteiger partial charge in [-0.2, -0.15) is 0 Å². The van der Waals surface area contributed by atoms with Crippen LogP contribution in [0.25, 0.3) is 11.5 Å². The number of aliphatic hydroxyl groups is 1. The Morgan fingerprint density at radius 2 is 2.10 bits per heavy atom. The Morgan fingerprint density at radius 3 is 2.75 bits per heavy atom. The molecule has 0 bridgehead atoms. The predicted molar refractivity (Wildman–Crippen MR) is 77.8 cm³/mol. The molecule has 0 saturated carbocycles. The monoisotopic (exact) mass is 315 g/mol. The highest BCUT2D eigenvalue weighted by atomic mass is 35.5. The predicted octanol–water partition coefficient (Wildman–Crippen LogP) is 2.86. The fraction of sp³-hybridized carbons (Fsp3) is 0.385. The fourth-order valence-electron chi connectivity index (χ4n) is 1.60. The summed E-state index contributed by atoms with van der Waals surface area (Å²) in [6.07, 6.45) is 0. The summed E-state index contributed by atoms with van der Waals surface area (Å²) in [7, 11) is 1.88. The molecule has 0 aliphatic carbocycles. The van der Waals surface area contributed by atoms with Crippen LogP contribution in [0, 0.1) is 0 Å². The molecule has 1 N–H and O–H groups in total. The van der Waals surface area contributed by atoms with E-state index in [0.717, 1.165) is 0 Å². The van der Waals surface area contributed by atoms with Crippen LogP contribution in [0.2, 0.25) is 10.0 Å². The van der Waals surface area contributed by atoms with Gasteiger partial charge in [0.05, 0.1) is 23.7 Å². The van der Waals surface area contributed by atoms with Crippen molar-refractivity contribution in [1.82, 2.24) is 15.1 Å². The zero-order valence-corrected chi connectivity index (χ0v) is 12.7. The average molecular weight is 316 g/mol. The van der Waals surface area contributed by atoms with Crippen LogP contribution >= 0.6 is 23.2 Å². The van der Waals surface area contributed by atoms with Gasteiger partial charge in [-0.25, -0.2) is 0 Å². The van der Waals surface area contributed by atoms with E-state index in [1.165, 1.54) is 0 Å². The molecule has 108 valence electrons. The Labute approximate surface area is 127 Å². The molecular weight excluding hydrogens is 301 g/mol. The van der Waals surface area contributed by atoms with E-state index >= 15 is 0 Å². The van der Waals surface area contributed by atoms with Crippen molar-refractivity contribution < 1.29 is 9.52 Å². The van der Waals surface area contributed by atoms with E-state index in [0.29, 0.717) is 33.9 Å². The largest absolute Gasteiger partial charge is 0.419 e. The number of likely N-dealkylation sites (N-methyl/N-ethyl adjacent to an activating group) is 1. The lowest BCUT2D eigenvalue weighted by atomic mass is 10.2. The van der Waals surface area contributed by atoms with Gasteiger partial charge in [-0.15, -0.1) is 10.2 Å². The normalized spacial score (nSPS) is 12.9. The van der Waals surface area contributed by atoms with Crippen molar-refractivity contribution in [3.05, 3.63) is 34.1 Å². The second-order valence-electron chi connectivity index (χ2n) is 4.57. The van der Waals surface area contributed by atoms with Gasteiger partial charge in [0, 0.05) is 11.1 Å². The Balaban J connectivity index is 2.16. The Hall–Kier alpha value is -1.14. The maximum absolute atomic E-state index is 9.09. The molecule has 0 aliphatic rings. The van der Waals surface area contributed by atoms with Crippen molar-refractivity contribution in [3.8, 4) is 11.5 Å². The lowest BCUT2D eigenvalue weighted by Gasteiger charge is -2.20. The zero-order chi connectivity index (χ0) is 14.7. The topological polar surface area (TPSA) is 62.4 Å². The van der Waals surface area contributed by atoms with Crippen LogP contribution in [0.4, 0.5) is 0 Å². The SMILES string of the molecule is CC(CO)N(C)Cc1nnc(-c2ccc(Cl)cc2Cl)o1. The van der Waals surface area contributed by atoms with Gasteiger partial charge < -0.3 is 9.52 Å². The van der Waals surface area contributed by atoms with Gasteiger partial charge >= 0.3 is 0 Å². The molecule has 0 amide bonds. The number of halogens is 2. The number of rotatable bonds is 5. The number of nitrogens with zero attached hydrogens (tertiary/aromatic N) is 3. The van der Waals surface area contributed by atoms with Crippen LogP contribution in [0.3, 0.4) is 0 Å². The summed E-state index contributed by atoms with van der Waals surface area (Å²) < 4.78 is 5.58. The van der Waals surface area contributed by atoms with E-state index in [2.05, 4.69) is 10.2 Å². The second-order valence-corrected chi connectivity index (χ2v) is 5.42. The number of aromatic nitrogens is 2. The highest BCUT2D eigenvalue weighted by Crippen LogP contribution is 2.29. The minimum Gasteiger partial charge on any atom is -0.419 e. The highest BCUT2D eigenvalue weighted by molar-refractivity contribution is 6.36. The molecule has 1 atom stereocenters. The van der Waals surface area contributed by atoms with Crippen LogP contribution in [-0.2, 0) is 6.54 Å². The summed E-state index contributed by atoms with van der Waals surface area (Å²) in [4.78, 5) is 1.92. The standard InChI is InChI=1S/C13H15Cl2N3O2/c1-8(7-19)18(2)6-12-16-17-13(20-12)10-4-3-9(14)5-11(10)15/h3-5,8,19H,6-7H2,1-2H3. The summed E-state index contributed by atoms with van der Waals surface area (Å²) >= 11 is 11.9. The number of hydrogen-bond donors (Lipinski definition) is 1. The molecule has 7 heteroatoms. The van der Waals surface area contributed by atoms with Crippen molar-refractivity contribution in [2.45, 2.75) is 19.5 Å². The molecule has 0 fully saturated rings. The van der Waals surface area contributed by atoms with E-state index in [-0.39, 0.29) is 12.6 Å². The van der Waals surface area contributed by atoms with Crippen molar-refractivity contribution in [2.24, 2.45) is 0 Å². The molecule has 2 rings (SSSR count). The van der Waals surface area contributed by atoms with Gasteiger partial charge in [-0.1, -0.05) is 23.2 Å². The number of hydrogen-bond acceptors (Lipinski definition) is 5. The van der Waals surface area contributed by atoms with E-state index in [1.54, 1.807) is 18.2 Å². The first-order valence-corrected chi connectivity index (χ1v) is 6.85. The molecule has 0 spiro atoms. The first kappa shape index (κ1) is 15.3. The van der Waals surface area contributed by atoms with Crippen LogP contribution in [0.5, 0.6) is 0 Å². The summed E-state index contributed by atoms with van der Waals surface area (Å²) in [5.41, 5.74) is 0.646. The summed E-state index contributed by atoms with van der Waals surface area (Å²) in [6.45, 7) is 2.44. The van der Waals surface area contributed by atoms with Crippen LogP contribution in [0.15, 0.2) is 22.6 Å². The summed E-state index contributed by atoms with van der Waals surface area (Å²) in [6, 6.07) is 5.10. The highest BCUT2D eigenvalue weighted by Gasteiger charge is 2.15. The summed E-state index contributed by atoms with van der Waals surface area (Å²) in [5.74, 6) is 0.820. The zero-order valence-electron chi connectivity index (χ0n) is 11.2. The first-order chi connectivity index (χ1) is 9.51. The van der Waals surface area contributed by atoms with Crippen molar-refractivity contribution in [3.63, 3.8) is 0 Å². The van der Waals surface area contributed by atoms with Gasteiger partial charge in [0.25, 0.3) is 0 Å². The molecule has 0 aliphatic heterocycles. The lowest BCUT2D eigenvalue weighted by Crippen LogP contribution is -2.31. The van der Waals surface area contributed by atoms with Crippen LogP contribution in [-0.4, -0.2) is 39.9 Å². The van der Waals surface area contributed by atoms with E-state index in [4.69, 9.17) is 32.7 Å². The average Bonchev–Trinajstić information content (AvgIpc) is 2.85. The Bertz CT molecular complexity index is 589. The van der Waals surface area contributed by atoms with Gasteiger partial charge in [-0.05, 0) is 32.2 Å². The Morgan fingerprint density at radius 1 is 1.35 bits per heavy atom. The third kappa shape index (κ3) is 3.49. The third-order valence-corrected chi connectivity index (χ3v) is 3.58. The molecule has 0 radical (unpaired) electrons. The van der Waals surface area contributed by atoms with Crippen molar-refractivity contribution in [1.29, 1.82) is 0 Å². The quantitative estimate of drug-likeness (QED) is 0.919. The minimum atomic E-state index is 0.0180. The fourth-order valence-corrected chi connectivity index (χ4v) is 2.09. The number of aliphatic hydroxyl groups excluding tert-OH is 1. The number of benzene rings is 1. The minimum absolute atomic E-state index is 0.0180. The van der Waals surface area contributed by atoms with Crippen LogP contribution < -0.4 is 0 Å². The molecule has 0 saturated heterocycles. The molecule has 2 aromatic rings. The molecule has 1 unspecified atom stereocenters. The van der Waals surface area contributed by atoms with Gasteiger partial charge in [0.15, 0.2) is 0 Å². The molecular formula is C13H15Cl2N3O2. The van der Waals surface area contributed by atoms with Crippen molar-refractivity contribution in [2.75, 3.05) is 13.7 Å². The molecule has 20 heavy (non-hydrogen) atoms. The second kappa shape index (κ2) is 6.54. The maximum Gasteiger partial charge on any atom is 0.249 e. The van der Waals surface area contributed by atoms with Gasteiger partial charge in [0.1, 0.15) is 0 Å². The lowest BCUT2D eigenvalue weighted by molar-refractivity contribution is 0.145. The van der Waals surface area contributed by atoms with E-state index in [1.807, 2.05) is 18.9 Å². The summed E-state index contributed by atoms with van der Waals surface area (Å²) in [5, 5.41) is 18.1. The van der Waals surface area contributed by atoms with E-state index in [9.17, 15) is 0 Å². The smallest absolute Gasteiger partial charge is 0.249 e. The molecule has 5 nitrogen and oxygen atoms in total. The first-order valence-electron chi connectivity index (χ1n) is 6.10. The maximum atomic E-state index is 9.09. The van der Waals surface area contributed by atoms with E-state index < -0.39 is 0 Å². The third-order valence-electron chi connectivity index (χ3n) is 3.03.